The maximum atomic E-state index is 12.8. The van der Waals surface area contributed by atoms with Crippen LogP contribution in [0.1, 0.15) is 17.3 Å². The maximum absolute atomic E-state index is 12.8. The molecule has 0 saturated carbocycles. The number of nitrogens with one attached hydrogen (secondary N) is 1. The SMILES string of the molecule is COC(=O)C1=NN[C@H]2C(=O)N(c3cc(C(C)=O)ccc3OC)C(=O)[C@@H]12. The highest BCUT2D eigenvalue weighted by atomic mass is 16.5. The Morgan fingerprint density at radius 2 is 1.92 bits per heavy atom. The highest BCUT2D eigenvalue weighted by molar-refractivity contribution is 6.46. The summed E-state index contributed by atoms with van der Waals surface area (Å²) >= 11 is 0. The smallest absolute Gasteiger partial charge is 0.355 e. The first-order chi connectivity index (χ1) is 11.9. The summed E-state index contributed by atoms with van der Waals surface area (Å²) in [5.74, 6) is -3.06. The summed E-state index contributed by atoms with van der Waals surface area (Å²) in [6.45, 7) is 1.37. The Kier molecular flexibility index (Phi) is 3.99. The number of hydrogen-bond acceptors (Lipinski definition) is 8. The summed E-state index contributed by atoms with van der Waals surface area (Å²) in [5.41, 5.74) is 2.82. The minimum absolute atomic E-state index is 0.144. The van der Waals surface area contributed by atoms with E-state index in [-0.39, 0.29) is 22.9 Å². The van der Waals surface area contributed by atoms with E-state index in [9.17, 15) is 19.2 Å². The predicted octanol–water partition coefficient (Wildman–Crippen LogP) is -0.112. The topological polar surface area (TPSA) is 114 Å². The van der Waals surface area contributed by atoms with Crippen LogP contribution in [-0.2, 0) is 19.1 Å². The summed E-state index contributed by atoms with van der Waals surface area (Å²) < 4.78 is 9.81. The third-order valence-corrected chi connectivity index (χ3v) is 4.15. The lowest BCUT2D eigenvalue weighted by Crippen LogP contribution is -2.36. The van der Waals surface area contributed by atoms with E-state index in [2.05, 4.69) is 15.3 Å². The second-order valence-corrected chi connectivity index (χ2v) is 5.53. The summed E-state index contributed by atoms with van der Waals surface area (Å²) in [6.07, 6.45) is 0. The monoisotopic (exact) mass is 345 g/mol. The van der Waals surface area contributed by atoms with Gasteiger partial charge in [-0.05, 0) is 25.1 Å². The molecule has 2 atom stereocenters. The number of imide groups is 1. The van der Waals surface area contributed by atoms with Gasteiger partial charge in [-0.1, -0.05) is 0 Å². The Morgan fingerprint density at radius 3 is 2.52 bits per heavy atom. The number of hydrazone groups is 1. The molecule has 0 aromatic heterocycles. The van der Waals surface area contributed by atoms with Crippen LogP contribution in [0.5, 0.6) is 5.75 Å². The lowest BCUT2D eigenvalue weighted by Gasteiger charge is -2.19. The number of benzene rings is 1. The van der Waals surface area contributed by atoms with E-state index in [4.69, 9.17) is 4.74 Å². The molecular formula is C16H15N3O6. The molecule has 25 heavy (non-hydrogen) atoms. The Labute approximate surface area is 142 Å². The Morgan fingerprint density at radius 1 is 1.20 bits per heavy atom. The van der Waals surface area contributed by atoms with Crippen molar-refractivity contribution in [2.45, 2.75) is 13.0 Å². The Bertz CT molecular complexity index is 831. The number of ether oxygens (including phenoxy) is 2. The van der Waals surface area contributed by atoms with Crippen molar-refractivity contribution in [3.05, 3.63) is 23.8 Å². The van der Waals surface area contributed by atoms with Crippen molar-refractivity contribution in [2.75, 3.05) is 19.1 Å². The lowest BCUT2D eigenvalue weighted by molar-refractivity contribution is -0.133. The molecule has 1 aromatic rings. The normalized spacial score (nSPS) is 21.6. The van der Waals surface area contributed by atoms with E-state index in [1.165, 1.54) is 32.2 Å². The van der Waals surface area contributed by atoms with Crippen molar-refractivity contribution in [3.63, 3.8) is 0 Å². The largest absolute Gasteiger partial charge is 0.495 e. The molecule has 1 fully saturated rings. The van der Waals surface area contributed by atoms with Crippen molar-refractivity contribution >= 4 is 35.0 Å². The van der Waals surface area contributed by atoms with Crippen LogP contribution in [0.25, 0.3) is 0 Å². The molecule has 3 rings (SSSR count). The zero-order valence-electron chi connectivity index (χ0n) is 13.7. The lowest BCUT2D eigenvalue weighted by atomic mass is 9.99. The van der Waals surface area contributed by atoms with E-state index < -0.39 is 29.7 Å². The summed E-state index contributed by atoms with van der Waals surface area (Å²) in [4.78, 5) is 49.8. The third-order valence-electron chi connectivity index (χ3n) is 4.15. The van der Waals surface area contributed by atoms with Crippen LogP contribution in [0.15, 0.2) is 23.3 Å². The molecule has 2 amide bonds. The molecular weight excluding hydrogens is 330 g/mol. The molecule has 9 heteroatoms. The summed E-state index contributed by atoms with van der Waals surface area (Å²) in [7, 11) is 2.55. The number of carbonyl (C=O) groups is 4. The number of fused-ring (bicyclic) bond motifs is 1. The van der Waals surface area contributed by atoms with E-state index in [0.717, 1.165) is 12.0 Å². The van der Waals surface area contributed by atoms with E-state index in [1.807, 2.05) is 0 Å². The first kappa shape index (κ1) is 16.6. The van der Waals surface area contributed by atoms with Crippen LogP contribution in [0, 0.1) is 5.92 Å². The van der Waals surface area contributed by atoms with Crippen LogP contribution in [0.3, 0.4) is 0 Å². The Balaban J connectivity index is 2.05. The van der Waals surface area contributed by atoms with E-state index >= 15 is 0 Å². The van der Waals surface area contributed by atoms with Gasteiger partial charge in [0.2, 0.25) is 5.91 Å². The molecule has 2 aliphatic rings. The zero-order chi connectivity index (χ0) is 18.3. The first-order valence-electron chi connectivity index (χ1n) is 7.39. The summed E-state index contributed by atoms with van der Waals surface area (Å²) in [5, 5.41) is 3.75. The molecule has 0 bridgehead atoms. The van der Waals surface area contributed by atoms with E-state index in [1.54, 1.807) is 0 Å². The number of carbonyl (C=O) groups excluding carboxylic acids is 4. The highest BCUT2D eigenvalue weighted by Gasteiger charge is 2.56. The van der Waals surface area contributed by atoms with Crippen molar-refractivity contribution in [1.82, 2.24) is 5.43 Å². The van der Waals surface area contributed by atoms with Crippen molar-refractivity contribution in [1.29, 1.82) is 0 Å². The molecule has 1 N–H and O–H groups in total. The van der Waals surface area contributed by atoms with Gasteiger partial charge in [0.05, 0.1) is 19.9 Å². The molecule has 0 aliphatic carbocycles. The van der Waals surface area contributed by atoms with Crippen LogP contribution >= 0.6 is 0 Å². The molecule has 9 nitrogen and oxygen atoms in total. The van der Waals surface area contributed by atoms with Crippen LogP contribution in [-0.4, -0.2) is 49.5 Å². The number of ketones is 1. The minimum atomic E-state index is -1.08. The quantitative estimate of drug-likeness (QED) is 0.460. The van der Waals surface area contributed by atoms with Gasteiger partial charge in [0.15, 0.2) is 11.5 Å². The van der Waals surface area contributed by atoms with Gasteiger partial charge in [0.1, 0.15) is 17.7 Å². The number of hydrogen-bond donors (Lipinski definition) is 1. The fourth-order valence-electron chi connectivity index (χ4n) is 2.88. The van der Waals surface area contributed by atoms with Crippen molar-refractivity contribution in [3.8, 4) is 5.75 Å². The second kappa shape index (κ2) is 6.00. The average molecular weight is 345 g/mol. The van der Waals surface area contributed by atoms with E-state index in [0.29, 0.717) is 5.56 Å². The number of anilines is 1. The van der Waals surface area contributed by atoms with Gasteiger partial charge in [0, 0.05) is 5.56 Å². The van der Waals surface area contributed by atoms with Gasteiger partial charge in [0.25, 0.3) is 5.91 Å². The van der Waals surface area contributed by atoms with Gasteiger partial charge < -0.3 is 9.47 Å². The fraction of sp³-hybridized carbons (Fsp3) is 0.312. The molecule has 2 aliphatic heterocycles. The number of rotatable bonds is 4. The third kappa shape index (κ3) is 2.44. The van der Waals surface area contributed by atoms with Crippen molar-refractivity contribution in [2.24, 2.45) is 11.0 Å². The van der Waals surface area contributed by atoms with Crippen LogP contribution in [0.4, 0.5) is 5.69 Å². The molecule has 1 aromatic carbocycles. The molecule has 1 saturated heterocycles. The zero-order valence-corrected chi connectivity index (χ0v) is 13.7. The predicted molar refractivity (Wildman–Crippen MR) is 85.4 cm³/mol. The minimum Gasteiger partial charge on any atom is -0.495 e. The van der Waals surface area contributed by atoms with Gasteiger partial charge in [-0.25, -0.2) is 9.69 Å². The van der Waals surface area contributed by atoms with Crippen LogP contribution < -0.4 is 15.1 Å². The standard InChI is InChI=1S/C16H15N3O6/c1-7(20)8-4-5-10(24-2)9(6-8)19-14(21)11-12(15(19)22)17-18-13(11)16(23)25-3/h4-6,11-12,17H,1-3H3/t11-,12-/m1/s1. The molecule has 0 unspecified atom stereocenters. The van der Waals surface area contributed by atoms with Crippen LogP contribution in [0.2, 0.25) is 0 Å². The number of esters is 1. The highest BCUT2D eigenvalue weighted by Crippen LogP contribution is 2.36. The second-order valence-electron chi connectivity index (χ2n) is 5.53. The van der Waals surface area contributed by atoms with Gasteiger partial charge in [-0.2, -0.15) is 5.10 Å². The summed E-state index contributed by atoms with van der Waals surface area (Å²) in [6, 6.07) is 3.46. The number of amides is 2. The van der Waals surface area contributed by atoms with Crippen molar-refractivity contribution < 1.29 is 28.7 Å². The molecule has 2 heterocycles. The molecule has 0 radical (unpaired) electrons. The molecule has 130 valence electrons. The van der Waals surface area contributed by atoms with Gasteiger partial charge in [-0.15, -0.1) is 0 Å². The molecule has 0 spiro atoms. The Hall–Kier alpha value is -3.23. The first-order valence-corrected chi connectivity index (χ1v) is 7.39. The van der Waals surface area contributed by atoms with Gasteiger partial charge >= 0.3 is 5.97 Å². The fourth-order valence-corrected chi connectivity index (χ4v) is 2.88. The maximum Gasteiger partial charge on any atom is 0.355 e. The van der Waals surface area contributed by atoms with Gasteiger partial charge in [-0.3, -0.25) is 19.8 Å². The average Bonchev–Trinajstić information content (AvgIpc) is 3.14. The number of methoxy groups -OCH3 is 2. The number of nitrogens with zero attached hydrogens (tertiary/aromatic N) is 2. The number of Topliss-reactive ketones (excluding diaryl/α,β-unsaturated/α-hetero) is 1.